The summed E-state index contributed by atoms with van der Waals surface area (Å²) in [6.07, 6.45) is 17.9. The molecule has 0 aromatic heterocycles. The van der Waals surface area contributed by atoms with Gasteiger partial charge in [0.25, 0.3) is 0 Å². The Bertz CT molecular complexity index is 575. The van der Waals surface area contributed by atoms with Crippen molar-refractivity contribution in [1.82, 2.24) is 0 Å². The summed E-state index contributed by atoms with van der Waals surface area (Å²) in [6, 6.07) is 7.99. The van der Waals surface area contributed by atoms with E-state index in [1.54, 1.807) is 7.11 Å². The van der Waals surface area contributed by atoms with Gasteiger partial charge in [0.05, 0.1) is 7.11 Å². The van der Waals surface area contributed by atoms with Crippen molar-refractivity contribution in [2.45, 2.75) is 51.9 Å². The molecular formula is C23H30O. The van der Waals surface area contributed by atoms with Crippen LogP contribution < -0.4 is 4.74 Å². The molecule has 0 aliphatic heterocycles. The fourth-order valence-electron chi connectivity index (χ4n) is 3.30. The summed E-state index contributed by atoms with van der Waals surface area (Å²) in [5.41, 5.74) is 1.14. The quantitative estimate of drug-likeness (QED) is 0.561. The number of hydrogen-bond acceptors (Lipinski definition) is 1. The second-order valence-corrected chi connectivity index (χ2v) is 6.68. The molecule has 2 rings (SSSR count). The van der Waals surface area contributed by atoms with Crippen LogP contribution in [0.15, 0.2) is 42.5 Å². The molecule has 1 aromatic carbocycles. The van der Waals surface area contributed by atoms with E-state index < -0.39 is 0 Å². The average molecular weight is 322 g/mol. The van der Waals surface area contributed by atoms with Gasteiger partial charge in [-0.25, -0.2) is 0 Å². The Balaban J connectivity index is 1.70. The van der Waals surface area contributed by atoms with Gasteiger partial charge in [-0.3, -0.25) is 0 Å². The van der Waals surface area contributed by atoms with E-state index in [9.17, 15) is 0 Å². The molecule has 1 nitrogen and oxygen atoms in total. The second-order valence-electron chi connectivity index (χ2n) is 6.68. The third-order valence-electron chi connectivity index (χ3n) is 4.87. The number of rotatable bonds is 6. The molecule has 24 heavy (non-hydrogen) atoms. The van der Waals surface area contributed by atoms with E-state index in [0.29, 0.717) is 0 Å². The van der Waals surface area contributed by atoms with Gasteiger partial charge in [0, 0.05) is 0 Å². The molecule has 128 valence electrons. The topological polar surface area (TPSA) is 9.23 Å². The number of ether oxygens (including phenoxy) is 1. The summed E-state index contributed by atoms with van der Waals surface area (Å²) in [5, 5.41) is 0. The van der Waals surface area contributed by atoms with E-state index in [1.165, 1.54) is 44.9 Å². The zero-order chi connectivity index (χ0) is 17.0. The number of methoxy groups -OCH3 is 1. The molecule has 1 aromatic rings. The van der Waals surface area contributed by atoms with Gasteiger partial charge in [-0.15, -0.1) is 0 Å². The summed E-state index contributed by atoms with van der Waals surface area (Å²) >= 11 is 0. The highest BCUT2D eigenvalue weighted by atomic mass is 16.5. The molecule has 0 atom stereocenters. The lowest BCUT2D eigenvalue weighted by molar-refractivity contribution is 0.291. The van der Waals surface area contributed by atoms with Crippen LogP contribution in [-0.4, -0.2) is 7.11 Å². The molecule has 0 heterocycles. The fraction of sp³-hybridized carbons (Fsp3) is 0.478. The minimum absolute atomic E-state index is 0.739. The van der Waals surface area contributed by atoms with Crippen molar-refractivity contribution in [1.29, 1.82) is 0 Å². The summed E-state index contributed by atoms with van der Waals surface area (Å²) in [4.78, 5) is 0. The first-order valence-corrected chi connectivity index (χ1v) is 9.30. The minimum atomic E-state index is 0.739. The van der Waals surface area contributed by atoms with Crippen LogP contribution in [0.3, 0.4) is 0 Å². The Morgan fingerprint density at radius 3 is 2.42 bits per heavy atom. The summed E-state index contributed by atoms with van der Waals surface area (Å²) in [5.74, 6) is 8.82. The average Bonchev–Trinajstić information content (AvgIpc) is 2.64. The van der Waals surface area contributed by atoms with Gasteiger partial charge < -0.3 is 4.74 Å². The first-order chi connectivity index (χ1) is 11.8. The predicted octanol–water partition coefficient (Wildman–Crippen LogP) is 6.26. The molecule has 0 radical (unpaired) electrons. The third-order valence-corrected chi connectivity index (χ3v) is 4.87. The van der Waals surface area contributed by atoms with Crippen molar-refractivity contribution in [3.05, 3.63) is 48.1 Å². The number of allylic oxidation sites excluding steroid dienone is 3. The lowest BCUT2D eigenvalue weighted by Gasteiger charge is -2.26. The largest absolute Gasteiger partial charge is 0.497 e. The number of benzene rings is 1. The smallest absolute Gasteiger partial charge is 0.118 e. The van der Waals surface area contributed by atoms with Crippen LogP contribution in [0.25, 0.3) is 6.08 Å². The Labute approximate surface area is 147 Å². The van der Waals surface area contributed by atoms with Gasteiger partial charge in [0.15, 0.2) is 0 Å². The first kappa shape index (κ1) is 18.4. The lowest BCUT2D eigenvalue weighted by atomic mass is 9.80. The second kappa shape index (κ2) is 10.8. The summed E-state index contributed by atoms with van der Waals surface area (Å²) < 4.78 is 5.15. The summed E-state index contributed by atoms with van der Waals surface area (Å²) in [6.45, 7) is 2.29. The highest BCUT2D eigenvalue weighted by Gasteiger charge is 2.18. The van der Waals surface area contributed by atoms with E-state index >= 15 is 0 Å². The molecule has 1 aliphatic rings. The van der Waals surface area contributed by atoms with Crippen LogP contribution in [0, 0.1) is 23.7 Å². The highest BCUT2D eigenvalue weighted by Crippen LogP contribution is 2.32. The Morgan fingerprint density at radius 1 is 1.04 bits per heavy atom. The van der Waals surface area contributed by atoms with Crippen molar-refractivity contribution in [3.8, 4) is 17.6 Å². The van der Waals surface area contributed by atoms with Crippen LogP contribution in [0.4, 0.5) is 0 Å². The molecule has 0 unspecified atom stereocenters. The molecule has 1 heteroatoms. The SMILES string of the molecule is CCCCC1CCC(C=CC#CC=Cc2ccc(OC)cc2)CC1. The zero-order valence-electron chi connectivity index (χ0n) is 15.1. The molecule has 0 spiro atoms. The Kier molecular flexibility index (Phi) is 8.25. The molecule has 1 aliphatic carbocycles. The maximum Gasteiger partial charge on any atom is 0.118 e. The maximum absolute atomic E-state index is 5.15. The van der Waals surface area contributed by atoms with E-state index in [1.807, 2.05) is 42.5 Å². The monoisotopic (exact) mass is 322 g/mol. The van der Waals surface area contributed by atoms with E-state index in [2.05, 4.69) is 24.8 Å². The van der Waals surface area contributed by atoms with Crippen LogP contribution in [0.2, 0.25) is 0 Å². The zero-order valence-corrected chi connectivity index (χ0v) is 15.1. The van der Waals surface area contributed by atoms with Gasteiger partial charge in [-0.2, -0.15) is 0 Å². The normalized spacial score (nSPS) is 20.9. The molecule has 1 fully saturated rings. The van der Waals surface area contributed by atoms with Crippen LogP contribution in [0.1, 0.15) is 57.4 Å². The number of hydrogen-bond donors (Lipinski definition) is 0. The van der Waals surface area contributed by atoms with Crippen molar-refractivity contribution < 1.29 is 4.74 Å². The van der Waals surface area contributed by atoms with Gasteiger partial charge in [0.2, 0.25) is 0 Å². The van der Waals surface area contributed by atoms with E-state index in [4.69, 9.17) is 4.74 Å². The van der Waals surface area contributed by atoms with Gasteiger partial charge in [0.1, 0.15) is 5.75 Å². The molecule has 0 N–H and O–H groups in total. The third kappa shape index (κ3) is 6.67. The Hall–Kier alpha value is -1.94. The fourth-order valence-corrected chi connectivity index (χ4v) is 3.30. The summed E-state index contributed by atoms with van der Waals surface area (Å²) in [7, 11) is 1.68. The van der Waals surface area contributed by atoms with E-state index in [0.717, 1.165) is 23.1 Å². The first-order valence-electron chi connectivity index (χ1n) is 9.30. The maximum atomic E-state index is 5.15. The number of unbranched alkanes of at least 4 members (excludes halogenated alkanes) is 1. The molecule has 0 amide bonds. The van der Waals surface area contributed by atoms with Gasteiger partial charge in [-0.05, 0) is 73.4 Å². The van der Waals surface area contributed by atoms with Gasteiger partial charge >= 0.3 is 0 Å². The minimum Gasteiger partial charge on any atom is -0.497 e. The van der Waals surface area contributed by atoms with Crippen molar-refractivity contribution in [2.24, 2.45) is 11.8 Å². The van der Waals surface area contributed by atoms with Crippen LogP contribution in [-0.2, 0) is 0 Å². The van der Waals surface area contributed by atoms with Crippen molar-refractivity contribution in [2.75, 3.05) is 7.11 Å². The van der Waals surface area contributed by atoms with Crippen molar-refractivity contribution >= 4 is 6.08 Å². The predicted molar refractivity (Wildman–Crippen MR) is 104 cm³/mol. The van der Waals surface area contributed by atoms with Crippen molar-refractivity contribution in [3.63, 3.8) is 0 Å². The van der Waals surface area contributed by atoms with Gasteiger partial charge in [-0.1, -0.05) is 56.2 Å². The highest BCUT2D eigenvalue weighted by molar-refractivity contribution is 5.54. The molecular weight excluding hydrogens is 292 g/mol. The molecule has 1 saturated carbocycles. The molecule has 0 bridgehead atoms. The van der Waals surface area contributed by atoms with Crippen LogP contribution in [0.5, 0.6) is 5.75 Å². The standard InChI is InChI=1S/C23H30O/c1-3-4-9-20-12-14-21(15-13-20)10-7-5-6-8-11-22-16-18-23(24-2)19-17-22/h7-8,10-11,16-21H,3-4,9,12-15H2,1-2H3. The van der Waals surface area contributed by atoms with Crippen LogP contribution >= 0.6 is 0 Å². The Morgan fingerprint density at radius 2 is 1.75 bits per heavy atom. The lowest BCUT2D eigenvalue weighted by Crippen LogP contribution is -2.12. The van der Waals surface area contributed by atoms with E-state index in [-0.39, 0.29) is 0 Å². The molecule has 0 saturated heterocycles.